The summed E-state index contributed by atoms with van der Waals surface area (Å²) in [5.41, 5.74) is 6.66. The summed E-state index contributed by atoms with van der Waals surface area (Å²) in [6, 6.07) is 9.60. The van der Waals surface area contributed by atoms with Crippen molar-refractivity contribution in [3.8, 4) is 0 Å². The van der Waals surface area contributed by atoms with Gasteiger partial charge in [0.2, 0.25) is 5.91 Å². The van der Waals surface area contributed by atoms with Gasteiger partial charge in [-0.1, -0.05) is 30.3 Å². The van der Waals surface area contributed by atoms with E-state index in [-0.39, 0.29) is 36.6 Å². The molecule has 2 rings (SSSR count). The van der Waals surface area contributed by atoms with Gasteiger partial charge in [0.15, 0.2) is 0 Å². The summed E-state index contributed by atoms with van der Waals surface area (Å²) < 4.78 is 0. The number of nitrogens with two attached hydrogens (primary N) is 1. The number of carbonyl (C=O) groups is 1. The summed E-state index contributed by atoms with van der Waals surface area (Å²) in [6.07, 6.45) is 1.79. The maximum atomic E-state index is 12.1. The van der Waals surface area contributed by atoms with Crippen molar-refractivity contribution in [2.75, 3.05) is 6.54 Å². The maximum Gasteiger partial charge on any atom is 0.229 e. The van der Waals surface area contributed by atoms with Crippen molar-refractivity contribution in [2.45, 2.75) is 19.4 Å². The molecule has 0 fully saturated rings. The van der Waals surface area contributed by atoms with E-state index in [4.69, 9.17) is 5.73 Å². The molecule has 0 aliphatic carbocycles. The van der Waals surface area contributed by atoms with Crippen LogP contribution in [0.1, 0.15) is 21.4 Å². The molecule has 1 amide bonds. The van der Waals surface area contributed by atoms with Crippen LogP contribution in [0.5, 0.6) is 0 Å². The first-order valence-corrected chi connectivity index (χ1v) is 6.96. The van der Waals surface area contributed by atoms with E-state index in [1.807, 2.05) is 37.3 Å². The van der Waals surface area contributed by atoms with E-state index >= 15 is 0 Å². The molecule has 0 aliphatic heterocycles. The normalized spacial score (nSPS) is 11.0. The fourth-order valence-electron chi connectivity index (χ4n) is 1.86. The molecule has 7 heteroatoms. The van der Waals surface area contributed by atoms with E-state index in [0.717, 1.165) is 15.4 Å². The van der Waals surface area contributed by atoms with Crippen molar-refractivity contribution in [3.63, 3.8) is 0 Å². The first kappa shape index (κ1) is 19.9. The van der Waals surface area contributed by atoms with Crippen LogP contribution in [-0.2, 0) is 11.3 Å². The van der Waals surface area contributed by atoms with Gasteiger partial charge in [-0.25, -0.2) is 4.98 Å². The standard InChI is InChI=1S/C14H17N3OS.2ClH/c1-10-16-8-12(19-10)9-17-14(18)13(7-15)11-5-3-2-4-6-11;;/h2-6,8,13H,7,9,15H2,1H3,(H,17,18);2*1H. The Morgan fingerprint density at radius 2 is 2.00 bits per heavy atom. The van der Waals surface area contributed by atoms with Crippen molar-refractivity contribution in [1.29, 1.82) is 0 Å². The van der Waals surface area contributed by atoms with Gasteiger partial charge in [-0.15, -0.1) is 36.2 Å². The largest absolute Gasteiger partial charge is 0.351 e. The third kappa shape index (κ3) is 5.63. The van der Waals surface area contributed by atoms with Crippen LogP contribution >= 0.6 is 36.2 Å². The van der Waals surface area contributed by atoms with Gasteiger partial charge in [0.05, 0.1) is 17.5 Å². The lowest BCUT2D eigenvalue weighted by Crippen LogP contribution is -2.32. The third-order valence-electron chi connectivity index (χ3n) is 2.86. The molecule has 1 aromatic heterocycles. The predicted molar refractivity (Wildman–Crippen MR) is 91.4 cm³/mol. The lowest BCUT2D eigenvalue weighted by Gasteiger charge is -2.14. The summed E-state index contributed by atoms with van der Waals surface area (Å²) in [4.78, 5) is 17.4. The minimum atomic E-state index is -0.296. The lowest BCUT2D eigenvalue weighted by molar-refractivity contribution is -0.122. The van der Waals surface area contributed by atoms with Gasteiger partial charge < -0.3 is 11.1 Å². The second kappa shape index (κ2) is 9.73. The lowest BCUT2D eigenvalue weighted by atomic mass is 9.98. The van der Waals surface area contributed by atoms with Crippen LogP contribution in [0.3, 0.4) is 0 Å². The number of rotatable bonds is 5. The molecule has 0 radical (unpaired) electrons. The van der Waals surface area contributed by atoms with Crippen molar-refractivity contribution in [1.82, 2.24) is 10.3 Å². The molecule has 21 heavy (non-hydrogen) atoms. The Balaban J connectivity index is 0.00000200. The number of amides is 1. The summed E-state index contributed by atoms with van der Waals surface area (Å²) >= 11 is 1.59. The van der Waals surface area contributed by atoms with E-state index in [1.165, 1.54) is 0 Å². The summed E-state index contributed by atoms with van der Waals surface area (Å²) in [5, 5.41) is 3.92. The van der Waals surface area contributed by atoms with Crippen molar-refractivity contribution in [2.24, 2.45) is 5.73 Å². The molecule has 0 aliphatic rings. The van der Waals surface area contributed by atoms with Gasteiger partial charge in [0.25, 0.3) is 0 Å². The number of aromatic nitrogens is 1. The van der Waals surface area contributed by atoms with Gasteiger partial charge >= 0.3 is 0 Å². The van der Waals surface area contributed by atoms with Gasteiger partial charge in [-0.05, 0) is 12.5 Å². The number of hydrogen-bond acceptors (Lipinski definition) is 4. The first-order chi connectivity index (χ1) is 9.20. The Hall–Kier alpha value is -1.14. The fraction of sp³-hybridized carbons (Fsp3) is 0.286. The molecule has 0 saturated carbocycles. The Morgan fingerprint density at radius 3 is 2.52 bits per heavy atom. The molecule has 3 N–H and O–H groups in total. The zero-order chi connectivity index (χ0) is 13.7. The number of nitrogens with zero attached hydrogens (tertiary/aromatic N) is 1. The fourth-order valence-corrected chi connectivity index (χ4v) is 2.60. The molecule has 116 valence electrons. The molecule has 4 nitrogen and oxygen atoms in total. The number of hydrogen-bond donors (Lipinski definition) is 2. The van der Waals surface area contributed by atoms with E-state index in [9.17, 15) is 4.79 Å². The molecule has 1 atom stereocenters. The SMILES string of the molecule is Cc1ncc(CNC(=O)C(CN)c2ccccc2)s1.Cl.Cl. The minimum Gasteiger partial charge on any atom is -0.351 e. The highest BCUT2D eigenvalue weighted by Crippen LogP contribution is 2.15. The molecule has 2 aromatic rings. The van der Waals surface area contributed by atoms with Crippen molar-refractivity contribution >= 4 is 42.1 Å². The monoisotopic (exact) mass is 347 g/mol. The number of aryl methyl sites for hydroxylation is 1. The second-order valence-corrected chi connectivity index (χ2v) is 5.58. The molecule has 1 unspecified atom stereocenters. The second-order valence-electron chi connectivity index (χ2n) is 4.26. The highest BCUT2D eigenvalue weighted by molar-refractivity contribution is 7.11. The van der Waals surface area contributed by atoms with E-state index in [2.05, 4.69) is 10.3 Å². The number of benzene rings is 1. The molecular weight excluding hydrogens is 329 g/mol. The first-order valence-electron chi connectivity index (χ1n) is 6.14. The van der Waals surface area contributed by atoms with Crippen LogP contribution in [0.25, 0.3) is 0 Å². The zero-order valence-corrected chi connectivity index (χ0v) is 14.1. The highest BCUT2D eigenvalue weighted by atomic mass is 35.5. The van der Waals surface area contributed by atoms with E-state index < -0.39 is 0 Å². The molecule has 0 spiro atoms. The summed E-state index contributed by atoms with van der Waals surface area (Å²) in [5.74, 6) is -0.338. The van der Waals surface area contributed by atoms with Crippen LogP contribution < -0.4 is 11.1 Å². The molecule has 1 aromatic carbocycles. The summed E-state index contributed by atoms with van der Waals surface area (Å²) in [6.45, 7) is 2.76. The van der Waals surface area contributed by atoms with Crippen molar-refractivity contribution < 1.29 is 4.79 Å². The molecule has 1 heterocycles. The van der Waals surface area contributed by atoms with Gasteiger partial charge in [0, 0.05) is 17.6 Å². The Kier molecular flexibility index (Phi) is 9.21. The van der Waals surface area contributed by atoms with Crippen LogP contribution in [0.15, 0.2) is 36.5 Å². The quantitative estimate of drug-likeness (QED) is 0.873. The molecule has 0 saturated heterocycles. The van der Waals surface area contributed by atoms with Gasteiger partial charge in [-0.3, -0.25) is 4.79 Å². The average molecular weight is 348 g/mol. The van der Waals surface area contributed by atoms with E-state index in [0.29, 0.717) is 13.1 Å². The predicted octanol–water partition coefficient (Wildman–Crippen LogP) is 2.65. The zero-order valence-electron chi connectivity index (χ0n) is 11.6. The number of nitrogens with one attached hydrogen (secondary N) is 1. The Morgan fingerprint density at radius 1 is 1.33 bits per heavy atom. The van der Waals surface area contributed by atoms with Crippen molar-refractivity contribution in [3.05, 3.63) is 52.0 Å². The average Bonchev–Trinajstić information content (AvgIpc) is 2.84. The van der Waals surface area contributed by atoms with Crippen LogP contribution in [0.4, 0.5) is 0 Å². The number of thiazole rings is 1. The van der Waals surface area contributed by atoms with E-state index in [1.54, 1.807) is 17.5 Å². The third-order valence-corrected chi connectivity index (χ3v) is 3.77. The van der Waals surface area contributed by atoms with Crippen LogP contribution in [-0.4, -0.2) is 17.4 Å². The Bertz CT molecular complexity index is 548. The van der Waals surface area contributed by atoms with Gasteiger partial charge in [0.1, 0.15) is 0 Å². The summed E-state index contributed by atoms with van der Waals surface area (Å²) in [7, 11) is 0. The minimum absolute atomic E-state index is 0. The smallest absolute Gasteiger partial charge is 0.229 e. The molecule has 0 bridgehead atoms. The van der Waals surface area contributed by atoms with Crippen LogP contribution in [0.2, 0.25) is 0 Å². The van der Waals surface area contributed by atoms with Gasteiger partial charge in [-0.2, -0.15) is 0 Å². The molecular formula is C14H19Cl2N3OS. The number of carbonyl (C=O) groups excluding carboxylic acids is 1. The van der Waals surface area contributed by atoms with Crippen LogP contribution in [0, 0.1) is 6.92 Å². The highest BCUT2D eigenvalue weighted by Gasteiger charge is 2.18. The topological polar surface area (TPSA) is 68.0 Å². The Labute approximate surface area is 141 Å². The maximum absolute atomic E-state index is 12.1. The number of halogens is 2.